The second kappa shape index (κ2) is 7.20. The zero-order valence-electron chi connectivity index (χ0n) is 12.2. The molecule has 19 heavy (non-hydrogen) atoms. The number of rotatable bonds is 5. The van der Waals surface area contributed by atoms with Gasteiger partial charge in [-0.3, -0.25) is 0 Å². The summed E-state index contributed by atoms with van der Waals surface area (Å²) in [4.78, 5) is 2.62. The molecule has 1 aliphatic heterocycles. The van der Waals surface area contributed by atoms with Crippen molar-refractivity contribution in [3.05, 3.63) is 30.3 Å². The van der Waals surface area contributed by atoms with Crippen LogP contribution in [-0.4, -0.2) is 41.6 Å². The van der Waals surface area contributed by atoms with E-state index >= 15 is 0 Å². The topological polar surface area (TPSA) is 15.3 Å². The number of anilines is 1. The number of para-hydroxylation sites is 1. The zero-order chi connectivity index (χ0) is 13.6. The van der Waals surface area contributed by atoms with Crippen LogP contribution >= 0.6 is 11.8 Å². The van der Waals surface area contributed by atoms with Gasteiger partial charge >= 0.3 is 0 Å². The lowest BCUT2D eigenvalue weighted by Gasteiger charge is -2.22. The molecule has 1 saturated heterocycles. The summed E-state index contributed by atoms with van der Waals surface area (Å²) in [5, 5.41) is 3.48. The molecule has 0 radical (unpaired) electrons. The number of hydrogen-bond acceptors (Lipinski definition) is 3. The van der Waals surface area contributed by atoms with E-state index in [2.05, 4.69) is 66.2 Å². The smallest absolute Gasteiger partial charge is 0.0340 e. The number of benzene rings is 1. The van der Waals surface area contributed by atoms with E-state index in [1.54, 1.807) is 0 Å². The van der Waals surface area contributed by atoms with Crippen molar-refractivity contribution in [3.63, 3.8) is 0 Å². The first-order chi connectivity index (χ1) is 9.16. The molecular formula is C16H26N2S. The van der Waals surface area contributed by atoms with Gasteiger partial charge in [-0.25, -0.2) is 0 Å². The van der Waals surface area contributed by atoms with Gasteiger partial charge in [0.15, 0.2) is 0 Å². The lowest BCUT2D eigenvalue weighted by molar-refractivity contribution is 0.283. The van der Waals surface area contributed by atoms with E-state index in [0.29, 0.717) is 4.75 Å². The predicted molar refractivity (Wildman–Crippen MR) is 87.1 cm³/mol. The molecule has 1 aliphatic rings. The summed E-state index contributed by atoms with van der Waals surface area (Å²) in [6.45, 7) is 9.54. The fourth-order valence-corrected chi connectivity index (χ4v) is 3.52. The lowest BCUT2D eigenvalue weighted by atomic mass is 10.1. The Hall–Kier alpha value is -0.670. The van der Waals surface area contributed by atoms with Crippen LogP contribution in [0, 0.1) is 0 Å². The van der Waals surface area contributed by atoms with Crippen LogP contribution in [0.1, 0.15) is 26.7 Å². The van der Waals surface area contributed by atoms with Crippen LogP contribution in [0.5, 0.6) is 0 Å². The van der Waals surface area contributed by atoms with Crippen LogP contribution in [-0.2, 0) is 0 Å². The summed E-state index contributed by atoms with van der Waals surface area (Å²) >= 11 is 2.12. The molecule has 0 aliphatic carbocycles. The van der Waals surface area contributed by atoms with E-state index in [1.165, 1.54) is 43.9 Å². The molecule has 0 saturated carbocycles. The fourth-order valence-electron chi connectivity index (χ4n) is 2.38. The Labute approximate surface area is 122 Å². The van der Waals surface area contributed by atoms with Crippen molar-refractivity contribution < 1.29 is 0 Å². The molecule has 106 valence electrons. The molecular weight excluding hydrogens is 252 g/mol. The van der Waals surface area contributed by atoms with Crippen molar-refractivity contribution in [1.82, 2.24) is 4.90 Å². The first kappa shape index (κ1) is 14.7. The molecule has 2 nitrogen and oxygen atoms in total. The number of hydrogen-bond donors (Lipinski definition) is 1. The summed E-state index contributed by atoms with van der Waals surface area (Å²) in [6.07, 6.45) is 2.53. The Morgan fingerprint density at radius 1 is 1.21 bits per heavy atom. The molecule has 1 fully saturated rings. The summed E-state index contributed by atoms with van der Waals surface area (Å²) in [5.74, 6) is 1.28. The Morgan fingerprint density at radius 2 is 2.00 bits per heavy atom. The summed E-state index contributed by atoms with van der Waals surface area (Å²) in [6, 6.07) is 10.5. The maximum atomic E-state index is 3.48. The van der Waals surface area contributed by atoms with Gasteiger partial charge in [-0.05, 0) is 38.1 Å². The number of nitrogens with one attached hydrogen (secondary N) is 1. The maximum Gasteiger partial charge on any atom is 0.0340 e. The van der Waals surface area contributed by atoms with Crippen molar-refractivity contribution in [3.8, 4) is 0 Å². The van der Waals surface area contributed by atoms with Crippen LogP contribution in [0.4, 0.5) is 5.69 Å². The monoisotopic (exact) mass is 278 g/mol. The highest BCUT2D eigenvalue weighted by Crippen LogP contribution is 2.30. The zero-order valence-corrected chi connectivity index (χ0v) is 13.0. The molecule has 0 aromatic heterocycles. The van der Waals surface area contributed by atoms with Crippen molar-refractivity contribution >= 4 is 17.4 Å². The largest absolute Gasteiger partial charge is 0.385 e. The Bertz CT molecular complexity index is 364. The minimum absolute atomic E-state index is 0.469. The van der Waals surface area contributed by atoms with Crippen molar-refractivity contribution in [2.75, 3.05) is 37.2 Å². The van der Waals surface area contributed by atoms with Crippen LogP contribution in [0.15, 0.2) is 30.3 Å². The molecule has 1 aromatic rings. The molecule has 0 atom stereocenters. The van der Waals surface area contributed by atoms with Crippen LogP contribution in [0.3, 0.4) is 0 Å². The van der Waals surface area contributed by atoms with Crippen molar-refractivity contribution in [2.24, 2.45) is 0 Å². The van der Waals surface area contributed by atoms with Gasteiger partial charge in [0.05, 0.1) is 0 Å². The number of nitrogens with zero attached hydrogens (tertiary/aromatic N) is 1. The van der Waals surface area contributed by atoms with Gasteiger partial charge < -0.3 is 10.2 Å². The van der Waals surface area contributed by atoms with Gasteiger partial charge in [0.2, 0.25) is 0 Å². The minimum atomic E-state index is 0.469. The number of thioether (sulfide) groups is 1. The third kappa shape index (κ3) is 5.45. The SMILES string of the molecule is CC1(C)CCN(CCCNc2ccccc2)CCS1. The van der Waals surface area contributed by atoms with Gasteiger partial charge in [-0.15, -0.1) is 0 Å². The van der Waals surface area contributed by atoms with E-state index in [1.807, 2.05) is 0 Å². The van der Waals surface area contributed by atoms with Gasteiger partial charge in [0.1, 0.15) is 0 Å². The second-order valence-electron chi connectivity index (χ2n) is 5.85. The average Bonchev–Trinajstić information content (AvgIpc) is 2.57. The molecule has 0 unspecified atom stereocenters. The summed E-state index contributed by atoms with van der Waals surface area (Å²) in [5.41, 5.74) is 1.23. The molecule has 3 heteroatoms. The van der Waals surface area contributed by atoms with Crippen molar-refractivity contribution in [2.45, 2.75) is 31.4 Å². The highest BCUT2D eigenvalue weighted by Gasteiger charge is 2.23. The summed E-state index contributed by atoms with van der Waals surface area (Å²) < 4.78 is 0.469. The summed E-state index contributed by atoms with van der Waals surface area (Å²) in [7, 11) is 0. The first-order valence-electron chi connectivity index (χ1n) is 7.31. The second-order valence-corrected chi connectivity index (χ2v) is 7.65. The van der Waals surface area contributed by atoms with E-state index in [4.69, 9.17) is 0 Å². The van der Waals surface area contributed by atoms with Gasteiger partial charge in [0, 0.05) is 29.3 Å². The molecule has 0 spiro atoms. The first-order valence-corrected chi connectivity index (χ1v) is 8.29. The molecule has 1 heterocycles. The normalized spacial score (nSPS) is 19.9. The predicted octanol–water partition coefficient (Wildman–Crippen LogP) is 3.71. The standard InChI is InChI=1S/C16H26N2S/c1-16(2)9-12-18(13-14-19-16)11-6-10-17-15-7-4-3-5-8-15/h3-5,7-8,17H,6,9-14H2,1-2H3. The molecule has 1 N–H and O–H groups in total. The lowest BCUT2D eigenvalue weighted by Crippen LogP contribution is -2.29. The quantitative estimate of drug-likeness (QED) is 0.827. The highest BCUT2D eigenvalue weighted by atomic mass is 32.2. The minimum Gasteiger partial charge on any atom is -0.385 e. The van der Waals surface area contributed by atoms with Gasteiger partial charge in [0.25, 0.3) is 0 Å². The Kier molecular flexibility index (Phi) is 5.59. The maximum absolute atomic E-state index is 3.48. The van der Waals surface area contributed by atoms with Gasteiger partial charge in [-0.2, -0.15) is 11.8 Å². The molecule has 0 bridgehead atoms. The molecule has 2 rings (SSSR count). The fraction of sp³-hybridized carbons (Fsp3) is 0.625. The molecule has 0 amide bonds. The Balaban J connectivity index is 1.63. The van der Waals surface area contributed by atoms with Crippen LogP contribution in [0.2, 0.25) is 0 Å². The third-order valence-corrected chi connectivity index (χ3v) is 5.06. The van der Waals surface area contributed by atoms with Crippen LogP contribution < -0.4 is 5.32 Å². The average molecular weight is 278 g/mol. The van der Waals surface area contributed by atoms with Crippen molar-refractivity contribution in [1.29, 1.82) is 0 Å². The third-order valence-electron chi connectivity index (χ3n) is 3.68. The highest BCUT2D eigenvalue weighted by molar-refractivity contribution is 8.00. The Morgan fingerprint density at radius 3 is 2.79 bits per heavy atom. The van der Waals surface area contributed by atoms with E-state index in [-0.39, 0.29) is 0 Å². The van der Waals surface area contributed by atoms with E-state index in [0.717, 1.165) is 6.54 Å². The van der Waals surface area contributed by atoms with E-state index in [9.17, 15) is 0 Å². The van der Waals surface area contributed by atoms with Gasteiger partial charge in [-0.1, -0.05) is 32.0 Å². The van der Waals surface area contributed by atoms with E-state index < -0.39 is 0 Å². The van der Waals surface area contributed by atoms with Crippen LogP contribution in [0.25, 0.3) is 0 Å². The molecule has 1 aromatic carbocycles.